The Morgan fingerprint density at radius 3 is 2.76 bits per heavy atom. The Balaban J connectivity index is 2.06. The van der Waals surface area contributed by atoms with Crippen LogP contribution in [-0.2, 0) is 4.79 Å². The Kier molecular flexibility index (Phi) is 5.78. The molecule has 2 aromatic rings. The third-order valence-corrected chi connectivity index (χ3v) is 6.10. The van der Waals surface area contributed by atoms with Crippen molar-refractivity contribution >= 4 is 28.6 Å². The van der Waals surface area contributed by atoms with E-state index in [0.29, 0.717) is 22.5 Å². The Labute approximate surface area is 152 Å². The highest BCUT2D eigenvalue weighted by atomic mass is 32.2. The molecule has 1 atom stereocenters. The van der Waals surface area contributed by atoms with Crippen LogP contribution < -0.4 is 11.3 Å². The Morgan fingerprint density at radius 2 is 2.08 bits per heavy atom. The van der Waals surface area contributed by atoms with E-state index in [1.165, 1.54) is 11.8 Å². The lowest BCUT2D eigenvalue weighted by atomic mass is 10.2. The van der Waals surface area contributed by atoms with E-state index in [4.69, 9.17) is 10.7 Å². The van der Waals surface area contributed by atoms with Crippen molar-refractivity contribution in [3.05, 3.63) is 34.6 Å². The van der Waals surface area contributed by atoms with Crippen molar-refractivity contribution in [2.75, 3.05) is 0 Å². The molecule has 25 heavy (non-hydrogen) atoms. The lowest BCUT2D eigenvalue weighted by molar-refractivity contribution is -0.117. The Bertz CT molecular complexity index is 812. The summed E-state index contributed by atoms with van der Waals surface area (Å²) in [5.41, 5.74) is 6.29. The highest BCUT2D eigenvalue weighted by Crippen LogP contribution is 2.34. The fourth-order valence-electron chi connectivity index (χ4n) is 3.47. The minimum atomic E-state index is -0.347. The van der Waals surface area contributed by atoms with Gasteiger partial charge < -0.3 is 5.73 Å². The molecule has 1 aliphatic rings. The maximum Gasteiger partial charge on any atom is 0.262 e. The summed E-state index contributed by atoms with van der Waals surface area (Å²) in [6.07, 6.45) is 6.89. The van der Waals surface area contributed by atoms with E-state index in [0.717, 1.165) is 38.5 Å². The van der Waals surface area contributed by atoms with Gasteiger partial charge >= 0.3 is 0 Å². The monoisotopic (exact) mass is 359 g/mol. The molecule has 1 fully saturated rings. The third-order valence-electron chi connectivity index (χ3n) is 4.85. The number of thioether (sulfide) groups is 1. The zero-order chi connectivity index (χ0) is 17.8. The number of carbonyl (C=O) groups is 1. The van der Waals surface area contributed by atoms with Crippen LogP contribution in [0.2, 0.25) is 0 Å². The van der Waals surface area contributed by atoms with Gasteiger partial charge in [-0.05, 0) is 31.4 Å². The van der Waals surface area contributed by atoms with Crippen LogP contribution in [0.5, 0.6) is 0 Å². The van der Waals surface area contributed by atoms with E-state index in [1.807, 2.05) is 28.8 Å². The maximum absolute atomic E-state index is 13.1. The van der Waals surface area contributed by atoms with Crippen LogP contribution in [0.4, 0.5) is 0 Å². The number of rotatable bonds is 7. The average Bonchev–Trinajstić information content (AvgIpc) is 3.12. The molecule has 0 saturated heterocycles. The van der Waals surface area contributed by atoms with Gasteiger partial charge in [-0.1, -0.05) is 56.5 Å². The molecule has 6 heteroatoms. The molecule has 1 heterocycles. The zero-order valence-corrected chi connectivity index (χ0v) is 15.4. The summed E-state index contributed by atoms with van der Waals surface area (Å²) in [6.45, 7) is 2.09. The number of aromatic nitrogens is 2. The van der Waals surface area contributed by atoms with Crippen LogP contribution in [0.25, 0.3) is 10.9 Å². The second-order valence-corrected chi connectivity index (χ2v) is 7.85. The van der Waals surface area contributed by atoms with Crippen LogP contribution in [0, 0.1) is 0 Å². The van der Waals surface area contributed by atoms with E-state index in [9.17, 15) is 9.59 Å². The van der Waals surface area contributed by atoms with Crippen LogP contribution in [0.1, 0.15) is 57.9 Å². The summed E-state index contributed by atoms with van der Waals surface area (Å²) in [4.78, 5) is 29.7. The molecule has 0 unspecified atom stereocenters. The molecule has 0 radical (unpaired) electrons. The number of amides is 1. The van der Waals surface area contributed by atoms with Gasteiger partial charge in [0.15, 0.2) is 5.16 Å². The fraction of sp³-hybridized carbons (Fsp3) is 0.526. The van der Waals surface area contributed by atoms with E-state index in [2.05, 4.69) is 6.92 Å². The maximum atomic E-state index is 13.1. The normalized spacial score (nSPS) is 16.4. The predicted molar refractivity (Wildman–Crippen MR) is 102 cm³/mol. The zero-order valence-electron chi connectivity index (χ0n) is 14.6. The summed E-state index contributed by atoms with van der Waals surface area (Å²) in [5.74, 6) is -0.334. The number of hydrogen-bond acceptors (Lipinski definition) is 4. The van der Waals surface area contributed by atoms with Crippen molar-refractivity contribution < 1.29 is 4.79 Å². The molecule has 0 spiro atoms. The van der Waals surface area contributed by atoms with E-state index in [1.54, 1.807) is 0 Å². The van der Waals surface area contributed by atoms with Gasteiger partial charge in [0.2, 0.25) is 5.91 Å². The molecule has 2 N–H and O–H groups in total. The van der Waals surface area contributed by atoms with Gasteiger partial charge in [-0.2, -0.15) is 0 Å². The van der Waals surface area contributed by atoms with Gasteiger partial charge in [-0.15, -0.1) is 0 Å². The Hall–Kier alpha value is -1.82. The molecule has 0 aliphatic heterocycles. The third kappa shape index (κ3) is 3.89. The number of para-hydroxylation sites is 1. The standard InChI is InChI=1S/C19H25N3O2S/c1-2-3-12-16(17(20)23)25-19-21-15-11-7-6-10-14(15)18(24)22(19)13-8-4-5-9-13/h6-7,10-11,13,16H,2-5,8-9,12H2,1H3,(H2,20,23)/t16-/m1/s1. The highest BCUT2D eigenvalue weighted by Gasteiger charge is 2.26. The minimum absolute atomic E-state index is 0.00119. The summed E-state index contributed by atoms with van der Waals surface area (Å²) < 4.78 is 1.82. The molecule has 134 valence electrons. The molecule has 0 bridgehead atoms. The van der Waals surface area contributed by atoms with E-state index in [-0.39, 0.29) is 22.8 Å². The second-order valence-electron chi connectivity index (χ2n) is 6.68. The smallest absolute Gasteiger partial charge is 0.262 e. The molecule has 1 aliphatic carbocycles. The molecule has 1 amide bonds. The molecule has 1 aromatic heterocycles. The number of hydrogen-bond donors (Lipinski definition) is 1. The lowest BCUT2D eigenvalue weighted by Crippen LogP contribution is -2.30. The van der Waals surface area contributed by atoms with Gasteiger partial charge in [0.25, 0.3) is 5.56 Å². The quantitative estimate of drug-likeness (QED) is 0.604. The Morgan fingerprint density at radius 1 is 1.36 bits per heavy atom. The van der Waals surface area contributed by atoms with Crippen molar-refractivity contribution in [1.29, 1.82) is 0 Å². The molecule has 5 nitrogen and oxygen atoms in total. The molecular formula is C19H25N3O2S. The van der Waals surface area contributed by atoms with E-state index >= 15 is 0 Å². The van der Waals surface area contributed by atoms with Crippen molar-refractivity contribution in [2.45, 2.75) is 68.3 Å². The van der Waals surface area contributed by atoms with Crippen molar-refractivity contribution in [1.82, 2.24) is 9.55 Å². The lowest BCUT2D eigenvalue weighted by Gasteiger charge is -2.21. The first-order chi connectivity index (χ1) is 12.1. The molecule has 1 aromatic carbocycles. The summed E-state index contributed by atoms with van der Waals surface area (Å²) >= 11 is 1.36. The van der Waals surface area contributed by atoms with Crippen LogP contribution in [0.15, 0.2) is 34.2 Å². The van der Waals surface area contributed by atoms with Gasteiger partial charge in [-0.3, -0.25) is 14.2 Å². The first-order valence-electron chi connectivity index (χ1n) is 9.09. The number of primary amides is 1. The SMILES string of the molecule is CCCC[C@@H](Sc1nc2ccccc2c(=O)n1C1CCCC1)C(N)=O. The van der Waals surface area contributed by atoms with Gasteiger partial charge in [0, 0.05) is 6.04 Å². The first-order valence-corrected chi connectivity index (χ1v) is 9.97. The van der Waals surface area contributed by atoms with Gasteiger partial charge in [0.05, 0.1) is 16.2 Å². The molecular weight excluding hydrogens is 334 g/mol. The second kappa shape index (κ2) is 8.04. The van der Waals surface area contributed by atoms with Crippen LogP contribution in [-0.4, -0.2) is 20.7 Å². The first kappa shape index (κ1) is 18.0. The van der Waals surface area contributed by atoms with Gasteiger partial charge in [0.1, 0.15) is 0 Å². The number of fused-ring (bicyclic) bond motifs is 1. The number of carbonyl (C=O) groups excluding carboxylic acids is 1. The number of nitrogens with two attached hydrogens (primary N) is 1. The summed E-state index contributed by atoms with van der Waals surface area (Å²) in [7, 11) is 0. The average molecular weight is 359 g/mol. The minimum Gasteiger partial charge on any atom is -0.369 e. The van der Waals surface area contributed by atoms with Crippen LogP contribution >= 0.6 is 11.8 Å². The molecule has 3 rings (SSSR count). The number of nitrogens with zero attached hydrogens (tertiary/aromatic N) is 2. The number of benzene rings is 1. The fourth-order valence-corrected chi connectivity index (χ4v) is 4.62. The van der Waals surface area contributed by atoms with Crippen molar-refractivity contribution in [3.63, 3.8) is 0 Å². The predicted octanol–water partition coefficient (Wildman–Crippen LogP) is 3.65. The highest BCUT2D eigenvalue weighted by molar-refractivity contribution is 8.00. The number of unbranched alkanes of at least 4 members (excludes halogenated alkanes) is 1. The largest absolute Gasteiger partial charge is 0.369 e. The topological polar surface area (TPSA) is 78.0 Å². The summed E-state index contributed by atoms with van der Waals surface area (Å²) in [6, 6.07) is 7.60. The van der Waals surface area contributed by atoms with Crippen molar-refractivity contribution in [2.24, 2.45) is 5.73 Å². The van der Waals surface area contributed by atoms with E-state index < -0.39 is 0 Å². The van der Waals surface area contributed by atoms with Crippen LogP contribution in [0.3, 0.4) is 0 Å². The van der Waals surface area contributed by atoms with Crippen molar-refractivity contribution in [3.8, 4) is 0 Å². The summed E-state index contributed by atoms with van der Waals surface area (Å²) in [5, 5.41) is 0.930. The van der Waals surface area contributed by atoms with Gasteiger partial charge in [-0.25, -0.2) is 4.98 Å². The molecule has 1 saturated carbocycles.